The maximum atomic E-state index is 12.9. The normalized spacial score (nSPS) is 17.0. The van der Waals surface area contributed by atoms with Crippen molar-refractivity contribution in [3.05, 3.63) is 29.3 Å². The molecule has 134 valence electrons. The number of amides is 1. The molecular formula is C17H26N2O4S. The Kier molecular flexibility index (Phi) is 6.37. The summed E-state index contributed by atoms with van der Waals surface area (Å²) in [6, 6.07) is 5.46. The van der Waals surface area contributed by atoms with Crippen LogP contribution in [0.5, 0.6) is 0 Å². The van der Waals surface area contributed by atoms with Crippen molar-refractivity contribution in [2.24, 2.45) is 5.92 Å². The van der Waals surface area contributed by atoms with Crippen molar-refractivity contribution >= 4 is 15.9 Å². The molecule has 1 aromatic carbocycles. The van der Waals surface area contributed by atoms with Gasteiger partial charge in [0.25, 0.3) is 0 Å². The maximum Gasteiger partial charge on any atom is 0.243 e. The smallest absolute Gasteiger partial charge is 0.243 e. The van der Waals surface area contributed by atoms with Gasteiger partial charge in [-0.1, -0.05) is 12.1 Å². The zero-order valence-electron chi connectivity index (χ0n) is 14.5. The lowest BCUT2D eigenvalue weighted by atomic mass is 9.97. The van der Waals surface area contributed by atoms with E-state index < -0.39 is 10.0 Å². The van der Waals surface area contributed by atoms with Crippen molar-refractivity contribution in [3.63, 3.8) is 0 Å². The predicted molar refractivity (Wildman–Crippen MR) is 92.3 cm³/mol. The van der Waals surface area contributed by atoms with Gasteiger partial charge in [-0.15, -0.1) is 0 Å². The lowest BCUT2D eigenvalue weighted by molar-refractivity contribution is -0.126. The average molecular weight is 354 g/mol. The highest BCUT2D eigenvalue weighted by atomic mass is 32.2. The SMILES string of the molecule is COCCNC(=O)C1CCN(S(=O)(=O)c2cc(C)ccc2C)CC1. The predicted octanol–water partition coefficient (Wildman–Crippen LogP) is 1.47. The minimum Gasteiger partial charge on any atom is -0.383 e. The summed E-state index contributed by atoms with van der Waals surface area (Å²) in [5.41, 5.74) is 1.67. The minimum absolute atomic E-state index is 0.0177. The molecule has 1 amide bonds. The number of ether oxygens (including phenoxy) is 1. The van der Waals surface area contributed by atoms with Gasteiger partial charge in [0.1, 0.15) is 0 Å². The highest BCUT2D eigenvalue weighted by Crippen LogP contribution is 2.26. The molecule has 1 N–H and O–H groups in total. The molecule has 1 aliphatic heterocycles. The van der Waals surface area contributed by atoms with Gasteiger partial charge < -0.3 is 10.1 Å². The number of carbonyl (C=O) groups is 1. The van der Waals surface area contributed by atoms with Crippen LogP contribution in [0.3, 0.4) is 0 Å². The summed E-state index contributed by atoms with van der Waals surface area (Å²) in [7, 11) is -1.92. The molecule has 0 radical (unpaired) electrons. The second-order valence-corrected chi connectivity index (χ2v) is 8.14. The first-order valence-corrected chi connectivity index (χ1v) is 9.64. The zero-order valence-corrected chi connectivity index (χ0v) is 15.4. The fraction of sp³-hybridized carbons (Fsp3) is 0.588. The van der Waals surface area contributed by atoms with Gasteiger partial charge in [0, 0.05) is 32.7 Å². The number of piperidine rings is 1. The Hall–Kier alpha value is -1.44. The van der Waals surface area contributed by atoms with Crippen molar-refractivity contribution in [2.45, 2.75) is 31.6 Å². The largest absolute Gasteiger partial charge is 0.383 e. The third kappa shape index (κ3) is 4.34. The van der Waals surface area contributed by atoms with Gasteiger partial charge in [0.15, 0.2) is 0 Å². The van der Waals surface area contributed by atoms with E-state index in [1.807, 2.05) is 26.0 Å². The second-order valence-electron chi connectivity index (χ2n) is 6.23. The summed E-state index contributed by atoms with van der Waals surface area (Å²) >= 11 is 0. The standard InChI is InChI=1S/C17H26N2O4S/c1-13-4-5-14(2)16(12-13)24(21,22)19-9-6-15(7-10-19)17(20)18-8-11-23-3/h4-5,12,15H,6-11H2,1-3H3,(H,18,20). The Morgan fingerprint density at radius 1 is 1.29 bits per heavy atom. The minimum atomic E-state index is -3.50. The molecule has 0 saturated carbocycles. The second kappa shape index (κ2) is 8.09. The summed E-state index contributed by atoms with van der Waals surface area (Å²) < 4.78 is 32.1. The molecule has 2 rings (SSSR count). The molecule has 7 heteroatoms. The molecule has 1 saturated heterocycles. The first-order chi connectivity index (χ1) is 11.4. The highest BCUT2D eigenvalue weighted by molar-refractivity contribution is 7.89. The van der Waals surface area contributed by atoms with Crippen LogP contribution in [-0.4, -0.2) is 52.0 Å². The molecule has 0 atom stereocenters. The Labute approximate surface area is 144 Å². The number of carbonyl (C=O) groups excluding carboxylic acids is 1. The van der Waals surface area contributed by atoms with Gasteiger partial charge in [0.2, 0.25) is 15.9 Å². The molecule has 24 heavy (non-hydrogen) atoms. The number of sulfonamides is 1. The molecule has 1 aromatic rings. The Morgan fingerprint density at radius 3 is 2.58 bits per heavy atom. The van der Waals surface area contributed by atoms with Crippen molar-refractivity contribution in [2.75, 3.05) is 33.4 Å². The van der Waals surface area contributed by atoms with Crippen molar-refractivity contribution < 1.29 is 17.9 Å². The van der Waals surface area contributed by atoms with Crippen LogP contribution in [0.4, 0.5) is 0 Å². The van der Waals surface area contributed by atoms with Crippen LogP contribution in [0.1, 0.15) is 24.0 Å². The Morgan fingerprint density at radius 2 is 1.96 bits per heavy atom. The lowest BCUT2D eigenvalue weighted by Crippen LogP contribution is -2.43. The molecule has 1 fully saturated rings. The molecule has 0 spiro atoms. The number of rotatable bonds is 6. The average Bonchev–Trinajstić information content (AvgIpc) is 2.57. The molecule has 0 aliphatic carbocycles. The van der Waals surface area contributed by atoms with Crippen LogP contribution < -0.4 is 5.32 Å². The van der Waals surface area contributed by atoms with Gasteiger partial charge in [-0.25, -0.2) is 8.42 Å². The van der Waals surface area contributed by atoms with Crippen LogP contribution in [0.25, 0.3) is 0 Å². The van der Waals surface area contributed by atoms with Crippen LogP contribution in [0.2, 0.25) is 0 Å². The van der Waals surface area contributed by atoms with Crippen LogP contribution in [0, 0.1) is 19.8 Å². The van der Waals surface area contributed by atoms with Gasteiger partial charge in [-0.3, -0.25) is 4.79 Å². The van der Waals surface area contributed by atoms with Crippen molar-refractivity contribution in [3.8, 4) is 0 Å². The molecule has 6 nitrogen and oxygen atoms in total. The number of hydrogen-bond acceptors (Lipinski definition) is 4. The molecule has 1 heterocycles. The van der Waals surface area contributed by atoms with Crippen molar-refractivity contribution in [1.29, 1.82) is 0 Å². The summed E-state index contributed by atoms with van der Waals surface area (Å²) in [4.78, 5) is 12.4. The molecule has 0 aromatic heterocycles. The molecule has 1 aliphatic rings. The fourth-order valence-electron chi connectivity index (χ4n) is 2.90. The number of nitrogens with one attached hydrogen (secondary N) is 1. The van der Waals surface area contributed by atoms with E-state index in [0.29, 0.717) is 44.0 Å². The number of benzene rings is 1. The van der Waals surface area contributed by atoms with E-state index >= 15 is 0 Å². The number of aryl methyl sites for hydroxylation is 2. The van der Waals surface area contributed by atoms with Crippen LogP contribution in [0.15, 0.2) is 23.1 Å². The molecular weight excluding hydrogens is 328 g/mol. The number of methoxy groups -OCH3 is 1. The van der Waals surface area contributed by atoms with E-state index in [-0.39, 0.29) is 11.8 Å². The summed E-state index contributed by atoms with van der Waals surface area (Å²) in [5.74, 6) is -0.150. The van der Waals surface area contributed by atoms with Crippen molar-refractivity contribution in [1.82, 2.24) is 9.62 Å². The van der Waals surface area contributed by atoms with E-state index in [4.69, 9.17) is 4.74 Å². The number of hydrogen-bond donors (Lipinski definition) is 1. The zero-order chi connectivity index (χ0) is 17.7. The van der Waals surface area contributed by atoms with E-state index in [2.05, 4.69) is 5.32 Å². The van der Waals surface area contributed by atoms with E-state index in [0.717, 1.165) is 11.1 Å². The van der Waals surface area contributed by atoms with Gasteiger partial charge in [-0.2, -0.15) is 4.31 Å². The lowest BCUT2D eigenvalue weighted by Gasteiger charge is -2.31. The van der Waals surface area contributed by atoms with E-state index in [9.17, 15) is 13.2 Å². The first kappa shape index (κ1) is 18.9. The topological polar surface area (TPSA) is 75.7 Å². The summed E-state index contributed by atoms with van der Waals surface area (Å²) in [6.07, 6.45) is 1.09. The monoisotopic (exact) mass is 354 g/mol. The van der Waals surface area contributed by atoms with Gasteiger partial charge in [0.05, 0.1) is 11.5 Å². The van der Waals surface area contributed by atoms with E-state index in [1.165, 1.54) is 4.31 Å². The third-order valence-corrected chi connectivity index (χ3v) is 6.43. The Bertz CT molecular complexity index is 680. The van der Waals surface area contributed by atoms with Crippen LogP contribution in [-0.2, 0) is 19.6 Å². The summed E-state index contributed by atoms with van der Waals surface area (Å²) in [5, 5.41) is 2.82. The van der Waals surface area contributed by atoms with Gasteiger partial charge >= 0.3 is 0 Å². The quantitative estimate of drug-likeness (QED) is 0.785. The van der Waals surface area contributed by atoms with Gasteiger partial charge in [-0.05, 0) is 43.9 Å². The third-order valence-electron chi connectivity index (χ3n) is 4.39. The molecule has 0 bridgehead atoms. The Balaban J connectivity index is 2.01. The fourth-order valence-corrected chi connectivity index (χ4v) is 4.68. The highest BCUT2D eigenvalue weighted by Gasteiger charge is 2.32. The molecule has 0 unspecified atom stereocenters. The maximum absolute atomic E-state index is 12.9. The summed E-state index contributed by atoms with van der Waals surface area (Å²) in [6.45, 7) is 5.40. The number of nitrogens with zero attached hydrogens (tertiary/aromatic N) is 1. The van der Waals surface area contributed by atoms with Crippen LogP contribution >= 0.6 is 0 Å². The first-order valence-electron chi connectivity index (χ1n) is 8.20. The van der Waals surface area contributed by atoms with E-state index in [1.54, 1.807) is 13.2 Å².